The van der Waals surface area contributed by atoms with Gasteiger partial charge in [0.25, 0.3) is 5.91 Å². The van der Waals surface area contributed by atoms with E-state index in [0.717, 1.165) is 31.4 Å². The Morgan fingerprint density at radius 3 is 2.30 bits per heavy atom. The lowest BCUT2D eigenvalue weighted by molar-refractivity contribution is -0.149. The number of hydrogen-bond donors (Lipinski definition) is 3. The number of carbonyl (C=O) groups excluding carboxylic acids is 5. The first-order valence-electron chi connectivity index (χ1n) is 18.7. The first-order chi connectivity index (χ1) is 24.7. The van der Waals surface area contributed by atoms with Gasteiger partial charge in [-0.3, -0.25) is 24.0 Å². The first-order valence-corrected chi connectivity index (χ1v) is 19.6. The number of carbonyl (C=O) groups is 5. The summed E-state index contributed by atoms with van der Waals surface area (Å²) in [7, 11) is 1.73. The molecule has 2 heterocycles. The number of thiazole rings is 1. The van der Waals surface area contributed by atoms with Crippen LogP contribution in [0.15, 0.2) is 35.7 Å². The summed E-state index contributed by atoms with van der Waals surface area (Å²) in [6.07, 6.45) is 3.72. The summed E-state index contributed by atoms with van der Waals surface area (Å²) in [4.78, 5) is 72.0. The van der Waals surface area contributed by atoms with E-state index in [2.05, 4.69) is 20.9 Å². The third-order valence-electron chi connectivity index (χ3n) is 9.80. The molecule has 0 spiro atoms. The zero-order chi connectivity index (χ0) is 38.4. The fourth-order valence-electron chi connectivity index (χ4n) is 6.59. The molecule has 1 fully saturated rings. The van der Waals surface area contributed by atoms with Gasteiger partial charge in [0.1, 0.15) is 16.7 Å². The third-order valence-corrected chi connectivity index (χ3v) is 10.7. The van der Waals surface area contributed by atoms with Crippen molar-refractivity contribution in [2.24, 2.45) is 17.8 Å². The number of aromatic nitrogens is 1. The van der Waals surface area contributed by atoms with Gasteiger partial charge >= 0.3 is 11.9 Å². The van der Waals surface area contributed by atoms with Gasteiger partial charge in [-0.15, -0.1) is 23.7 Å². The molecule has 3 N–H and O–H groups in total. The van der Waals surface area contributed by atoms with Crippen LogP contribution in [0.2, 0.25) is 0 Å². The van der Waals surface area contributed by atoms with E-state index in [1.807, 2.05) is 58.0 Å². The first kappa shape index (κ1) is 45.6. The molecule has 12 nitrogen and oxygen atoms in total. The Kier molecular flexibility index (Phi) is 19.5. The van der Waals surface area contributed by atoms with Gasteiger partial charge < -0.3 is 30.3 Å². The van der Waals surface area contributed by atoms with Crippen molar-refractivity contribution >= 4 is 53.4 Å². The maximum absolute atomic E-state index is 14.1. The molecule has 1 saturated heterocycles. The second-order valence-corrected chi connectivity index (χ2v) is 15.2. The topological polar surface area (TPSA) is 156 Å². The van der Waals surface area contributed by atoms with Crippen LogP contribution in [0.3, 0.4) is 0 Å². The molecule has 14 heteroatoms. The fraction of sp³-hybridized carbons (Fsp3) is 0.641. The minimum absolute atomic E-state index is 0. The second kappa shape index (κ2) is 22.6. The lowest BCUT2D eigenvalue weighted by Crippen LogP contribution is -2.57. The zero-order valence-corrected chi connectivity index (χ0v) is 34.1. The number of nitrogens with zero attached hydrogens (tertiary/aromatic N) is 2. The number of esters is 2. The monoisotopic (exact) mass is 777 g/mol. The Bertz CT molecular complexity index is 1470. The van der Waals surface area contributed by atoms with Gasteiger partial charge in [0.05, 0.1) is 18.6 Å². The molecule has 3 rings (SSSR count). The van der Waals surface area contributed by atoms with E-state index in [0.29, 0.717) is 24.3 Å². The highest BCUT2D eigenvalue weighted by atomic mass is 35.5. The third kappa shape index (κ3) is 14.0. The number of rotatable bonds is 19. The van der Waals surface area contributed by atoms with Gasteiger partial charge in [-0.05, 0) is 56.6 Å². The molecule has 0 aliphatic carbocycles. The summed E-state index contributed by atoms with van der Waals surface area (Å²) >= 11 is 1.21. The molecule has 7 atom stereocenters. The lowest BCUT2D eigenvalue weighted by atomic mass is 9.92. The number of piperidine rings is 1. The molecule has 0 saturated carbocycles. The molecule has 53 heavy (non-hydrogen) atoms. The average molecular weight is 778 g/mol. The van der Waals surface area contributed by atoms with Crippen molar-refractivity contribution in [2.75, 3.05) is 20.2 Å². The largest absolute Gasteiger partial charge is 0.466 e. The molecule has 0 unspecified atom stereocenters. The molecule has 1 aromatic carbocycles. The van der Waals surface area contributed by atoms with Crippen LogP contribution in [0.5, 0.6) is 0 Å². The highest BCUT2D eigenvalue weighted by Gasteiger charge is 2.36. The van der Waals surface area contributed by atoms with E-state index in [4.69, 9.17) is 9.47 Å². The summed E-state index contributed by atoms with van der Waals surface area (Å²) in [6, 6.07) is 7.92. The predicted octanol–water partition coefficient (Wildman–Crippen LogP) is 5.65. The Balaban J connectivity index is 0.00000972. The number of amides is 3. The summed E-state index contributed by atoms with van der Waals surface area (Å²) in [5.74, 6) is -2.19. The maximum Gasteiger partial charge on any atom is 0.308 e. The molecule has 2 aromatic rings. The molecular weight excluding hydrogens is 718 g/mol. The normalized spacial score (nSPS) is 17.6. The van der Waals surface area contributed by atoms with Crippen LogP contribution >= 0.6 is 23.7 Å². The fourth-order valence-corrected chi connectivity index (χ4v) is 7.43. The van der Waals surface area contributed by atoms with Gasteiger partial charge in [-0.25, -0.2) is 4.98 Å². The van der Waals surface area contributed by atoms with Crippen molar-refractivity contribution in [3.63, 3.8) is 0 Å². The number of halogens is 1. The molecule has 0 bridgehead atoms. The van der Waals surface area contributed by atoms with Crippen LogP contribution in [-0.4, -0.2) is 83.9 Å². The summed E-state index contributed by atoms with van der Waals surface area (Å²) in [6.45, 7) is 13.9. The number of likely N-dealkylation sites (N-methyl/N-ethyl adjacent to an activating group) is 1. The van der Waals surface area contributed by atoms with Crippen LogP contribution in [0.1, 0.15) is 114 Å². The van der Waals surface area contributed by atoms with Gasteiger partial charge in [-0.2, -0.15) is 0 Å². The zero-order valence-electron chi connectivity index (χ0n) is 32.5. The van der Waals surface area contributed by atoms with Crippen molar-refractivity contribution in [1.82, 2.24) is 25.8 Å². The molecule has 296 valence electrons. The molecule has 1 aliphatic heterocycles. The predicted molar refractivity (Wildman–Crippen MR) is 209 cm³/mol. The van der Waals surface area contributed by atoms with Crippen LogP contribution in [0, 0.1) is 17.8 Å². The van der Waals surface area contributed by atoms with E-state index < -0.39 is 29.9 Å². The molecule has 3 amide bonds. The number of benzene rings is 1. The van der Waals surface area contributed by atoms with Crippen LogP contribution in [0.25, 0.3) is 0 Å². The number of hydrogen-bond acceptors (Lipinski definition) is 10. The van der Waals surface area contributed by atoms with E-state index >= 15 is 0 Å². The highest BCUT2D eigenvalue weighted by Crippen LogP contribution is 2.31. The SMILES string of the molecule is CCOC(=O)[C@@H](C)C[C@H](Cc1ccccc1)NC(=O)c1csc([C@@H](C[C@H](C(C)C)N(C)C(=O)[C@@H](NC(=O)[C@H]2CCCCN2)[C@@H](C)CC)OC(C)=O)n1.Cl. The summed E-state index contributed by atoms with van der Waals surface area (Å²) in [5, 5.41) is 11.4. The van der Waals surface area contributed by atoms with E-state index in [9.17, 15) is 24.0 Å². The molecular formula is C39H60ClN5O7S. The Morgan fingerprint density at radius 1 is 1.02 bits per heavy atom. The van der Waals surface area contributed by atoms with Crippen molar-refractivity contribution in [2.45, 2.75) is 124 Å². The minimum atomic E-state index is -0.821. The number of nitrogens with one attached hydrogen (secondary N) is 3. The maximum atomic E-state index is 14.1. The Labute approximate surface area is 325 Å². The van der Waals surface area contributed by atoms with Crippen LogP contribution in [-0.2, 0) is 35.1 Å². The van der Waals surface area contributed by atoms with E-state index in [1.54, 1.807) is 31.2 Å². The van der Waals surface area contributed by atoms with Crippen molar-refractivity contribution in [3.8, 4) is 0 Å². The molecule has 1 aromatic heterocycles. The van der Waals surface area contributed by atoms with Crippen molar-refractivity contribution in [3.05, 3.63) is 52.0 Å². The smallest absolute Gasteiger partial charge is 0.308 e. The quantitative estimate of drug-likeness (QED) is 0.154. The Hall–Kier alpha value is -3.55. The second-order valence-electron chi connectivity index (χ2n) is 14.3. The summed E-state index contributed by atoms with van der Waals surface area (Å²) in [5.41, 5.74) is 1.18. The van der Waals surface area contributed by atoms with Gasteiger partial charge in [0, 0.05) is 37.9 Å². The molecule has 0 radical (unpaired) electrons. The summed E-state index contributed by atoms with van der Waals surface area (Å²) < 4.78 is 11.0. The van der Waals surface area contributed by atoms with E-state index in [-0.39, 0.29) is 78.9 Å². The van der Waals surface area contributed by atoms with Crippen LogP contribution in [0.4, 0.5) is 0 Å². The number of ether oxygens (including phenoxy) is 2. The van der Waals surface area contributed by atoms with E-state index in [1.165, 1.54) is 18.3 Å². The van der Waals surface area contributed by atoms with Gasteiger partial charge in [0.2, 0.25) is 11.8 Å². The standard InChI is InChI=1S/C39H59N5O7S.ClH/c1-9-25(5)34(43-35(46)30-18-14-15-19-40-30)38(48)44(8)32(24(3)4)22-33(51-27(7)45)37-42-31(23-52-37)36(47)41-29(20-26(6)39(49)50-10-2)21-28-16-12-11-13-17-28;/h11-13,16-17,23-26,29-30,32-34,40H,9-10,14-15,18-22H2,1-8H3,(H,41,47)(H,43,46);1H/t25-,26-,29+,30+,32+,33+,34-;/m0./s1. The minimum Gasteiger partial charge on any atom is -0.466 e. The highest BCUT2D eigenvalue weighted by molar-refractivity contribution is 7.09. The lowest BCUT2D eigenvalue weighted by Gasteiger charge is -2.37. The average Bonchev–Trinajstić information content (AvgIpc) is 3.62. The Morgan fingerprint density at radius 2 is 1.72 bits per heavy atom. The van der Waals surface area contributed by atoms with Gasteiger partial charge in [0.15, 0.2) is 6.10 Å². The molecule has 1 aliphatic rings. The van der Waals surface area contributed by atoms with Crippen LogP contribution < -0.4 is 16.0 Å². The van der Waals surface area contributed by atoms with Crippen molar-refractivity contribution < 1.29 is 33.4 Å². The van der Waals surface area contributed by atoms with Crippen molar-refractivity contribution in [1.29, 1.82) is 0 Å². The van der Waals surface area contributed by atoms with Gasteiger partial charge in [-0.1, -0.05) is 77.8 Å².